The number of nitrogens with zero attached hydrogens (tertiary/aromatic N) is 1. The van der Waals surface area contributed by atoms with E-state index in [1.54, 1.807) is 6.07 Å². The average Bonchev–Trinajstić information content (AvgIpc) is 2.96. The van der Waals surface area contributed by atoms with Crippen LogP contribution in [0.1, 0.15) is 24.8 Å². The molecule has 0 spiro atoms. The molecule has 2 heterocycles. The van der Waals surface area contributed by atoms with Crippen molar-refractivity contribution < 1.29 is 4.74 Å². The summed E-state index contributed by atoms with van der Waals surface area (Å²) in [5.74, 6) is 0. The van der Waals surface area contributed by atoms with E-state index in [1.807, 2.05) is 12.1 Å². The Morgan fingerprint density at radius 1 is 1.39 bits per heavy atom. The number of hydrogen-bond donors (Lipinski definition) is 0. The van der Waals surface area contributed by atoms with Gasteiger partial charge in [0.15, 0.2) is 0 Å². The lowest BCUT2D eigenvalue weighted by atomic mass is 9.71. The molecule has 0 aromatic heterocycles. The van der Waals surface area contributed by atoms with Gasteiger partial charge in [0.1, 0.15) is 0 Å². The van der Waals surface area contributed by atoms with Crippen LogP contribution in [0.3, 0.4) is 0 Å². The summed E-state index contributed by atoms with van der Waals surface area (Å²) in [4.78, 5) is 0. The van der Waals surface area contributed by atoms with Gasteiger partial charge in [-0.15, -0.1) is 0 Å². The molecule has 3 unspecified atom stereocenters. The summed E-state index contributed by atoms with van der Waals surface area (Å²) in [7, 11) is 0. The van der Waals surface area contributed by atoms with Crippen molar-refractivity contribution in [2.24, 2.45) is 5.41 Å². The van der Waals surface area contributed by atoms with Gasteiger partial charge in [-0.25, -0.2) is 0 Å². The molecule has 18 heavy (non-hydrogen) atoms. The van der Waals surface area contributed by atoms with Crippen LogP contribution in [-0.4, -0.2) is 12.2 Å². The fraction of sp³-hybridized carbons (Fsp3) is 0.500. The van der Waals surface area contributed by atoms with E-state index >= 15 is 0 Å². The molecule has 1 aromatic carbocycles. The molecule has 0 amide bonds. The van der Waals surface area contributed by atoms with Gasteiger partial charge in [-0.3, -0.25) is 0 Å². The fourth-order valence-corrected chi connectivity index (χ4v) is 3.56. The van der Waals surface area contributed by atoms with Crippen LogP contribution in [0.2, 0.25) is 10.0 Å². The van der Waals surface area contributed by atoms with Crippen LogP contribution >= 0.6 is 23.2 Å². The predicted octanol–water partition coefficient (Wildman–Crippen LogP) is 4.00. The van der Waals surface area contributed by atoms with Gasteiger partial charge in [0.05, 0.1) is 33.7 Å². The van der Waals surface area contributed by atoms with E-state index in [9.17, 15) is 5.26 Å². The number of hydrogen-bond acceptors (Lipinski definition) is 2. The van der Waals surface area contributed by atoms with E-state index in [-0.39, 0.29) is 12.2 Å². The van der Waals surface area contributed by atoms with Crippen LogP contribution in [0.15, 0.2) is 18.2 Å². The summed E-state index contributed by atoms with van der Waals surface area (Å²) in [6.07, 6.45) is 3.82. The highest BCUT2D eigenvalue weighted by molar-refractivity contribution is 6.42. The number of benzene rings is 1. The molecule has 2 aliphatic rings. The number of halogens is 2. The molecule has 0 radical (unpaired) electrons. The number of ether oxygens (including phenoxy) is 1. The number of nitriles is 1. The molecule has 1 aromatic rings. The van der Waals surface area contributed by atoms with Crippen LogP contribution in [0.25, 0.3) is 0 Å². The minimum Gasteiger partial charge on any atom is -0.373 e. The van der Waals surface area contributed by atoms with Crippen molar-refractivity contribution in [1.29, 1.82) is 5.26 Å². The van der Waals surface area contributed by atoms with Crippen molar-refractivity contribution in [2.45, 2.75) is 37.9 Å². The third-order valence-corrected chi connectivity index (χ3v) is 4.93. The molecule has 3 atom stereocenters. The van der Waals surface area contributed by atoms with Gasteiger partial charge in [0, 0.05) is 0 Å². The molecule has 2 saturated heterocycles. The van der Waals surface area contributed by atoms with Gasteiger partial charge in [-0.2, -0.15) is 5.26 Å². The van der Waals surface area contributed by atoms with Gasteiger partial charge in [-0.05, 0) is 37.3 Å². The van der Waals surface area contributed by atoms with Gasteiger partial charge in [0.25, 0.3) is 0 Å². The molecular formula is C14H13Cl2NO. The zero-order valence-electron chi connectivity index (χ0n) is 9.83. The first-order valence-electron chi connectivity index (χ1n) is 6.14. The second-order valence-electron chi connectivity index (χ2n) is 5.19. The van der Waals surface area contributed by atoms with Crippen LogP contribution in [-0.2, 0) is 11.2 Å². The smallest absolute Gasteiger partial charge is 0.0900 e. The lowest BCUT2D eigenvalue weighted by molar-refractivity contribution is 0.0788. The van der Waals surface area contributed by atoms with Crippen LogP contribution in [0.4, 0.5) is 0 Å². The Balaban J connectivity index is 1.92. The Labute approximate surface area is 116 Å². The minimum atomic E-state index is -0.419. The van der Waals surface area contributed by atoms with E-state index < -0.39 is 5.41 Å². The molecular weight excluding hydrogens is 269 g/mol. The molecule has 2 fully saturated rings. The van der Waals surface area contributed by atoms with Crippen molar-refractivity contribution in [3.8, 4) is 6.07 Å². The lowest BCUT2D eigenvalue weighted by Gasteiger charge is -2.28. The van der Waals surface area contributed by atoms with Crippen molar-refractivity contribution in [3.63, 3.8) is 0 Å². The number of rotatable bonds is 2. The van der Waals surface area contributed by atoms with Crippen molar-refractivity contribution in [3.05, 3.63) is 33.8 Å². The highest BCUT2D eigenvalue weighted by Gasteiger charge is 2.52. The van der Waals surface area contributed by atoms with Gasteiger partial charge < -0.3 is 4.74 Å². The maximum absolute atomic E-state index is 9.55. The first-order valence-corrected chi connectivity index (χ1v) is 6.90. The fourth-order valence-electron chi connectivity index (χ4n) is 3.17. The summed E-state index contributed by atoms with van der Waals surface area (Å²) in [5, 5.41) is 10.7. The molecule has 0 saturated carbocycles. The normalized spacial score (nSPS) is 33.6. The standard InChI is InChI=1S/C14H13Cl2NO/c15-11-3-1-2-9(13(11)16)6-14(8-17)7-10-4-5-12(14)18-10/h1-3,10,12H,4-7H2. The van der Waals surface area contributed by atoms with Gasteiger partial charge in [0.2, 0.25) is 0 Å². The molecule has 3 rings (SSSR count). The Morgan fingerprint density at radius 3 is 2.83 bits per heavy atom. The van der Waals surface area contributed by atoms with E-state index in [0.29, 0.717) is 16.5 Å². The largest absolute Gasteiger partial charge is 0.373 e. The Kier molecular flexibility index (Phi) is 3.02. The molecule has 2 bridgehead atoms. The molecule has 94 valence electrons. The van der Waals surface area contributed by atoms with Gasteiger partial charge >= 0.3 is 0 Å². The first-order chi connectivity index (χ1) is 8.64. The highest BCUT2D eigenvalue weighted by Crippen LogP contribution is 2.50. The molecule has 0 aliphatic carbocycles. The van der Waals surface area contributed by atoms with Crippen LogP contribution in [0, 0.1) is 16.7 Å². The molecule has 0 N–H and O–H groups in total. The van der Waals surface area contributed by atoms with Crippen LogP contribution < -0.4 is 0 Å². The third kappa shape index (κ3) is 1.82. The maximum atomic E-state index is 9.55. The van der Waals surface area contributed by atoms with E-state index in [1.165, 1.54) is 0 Å². The van der Waals surface area contributed by atoms with Crippen molar-refractivity contribution >= 4 is 23.2 Å². The first kappa shape index (κ1) is 12.3. The Bertz CT molecular complexity index is 525. The maximum Gasteiger partial charge on any atom is 0.0900 e. The second kappa shape index (κ2) is 4.42. The SMILES string of the molecule is N#CC1(Cc2cccc(Cl)c2Cl)CC2CCC1O2. The topological polar surface area (TPSA) is 33.0 Å². The highest BCUT2D eigenvalue weighted by atomic mass is 35.5. The van der Waals surface area contributed by atoms with Gasteiger partial charge in [-0.1, -0.05) is 35.3 Å². The molecule has 2 aliphatic heterocycles. The van der Waals surface area contributed by atoms with E-state index in [4.69, 9.17) is 27.9 Å². The number of fused-ring (bicyclic) bond motifs is 2. The molecule has 2 nitrogen and oxygen atoms in total. The summed E-state index contributed by atoms with van der Waals surface area (Å²) >= 11 is 12.2. The van der Waals surface area contributed by atoms with Crippen molar-refractivity contribution in [2.75, 3.05) is 0 Å². The predicted molar refractivity (Wildman–Crippen MR) is 70.7 cm³/mol. The second-order valence-corrected chi connectivity index (χ2v) is 5.97. The van der Waals surface area contributed by atoms with E-state index in [2.05, 4.69) is 6.07 Å². The summed E-state index contributed by atoms with van der Waals surface area (Å²) in [6, 6.07) is 8.07. The minimum absolute atomic E-state index is 0.0579. The average molecular weight is 282 g/mol. The van der Waals surface area contributed by atoms with E-state index in [0.717, 1.165) is 24.8 Å². The van der Waals surface area contributed by atoms with Crippen LogP contribution in [0.5, 0.6) is 0 Å². The Hall–Kier alpha value is -0.750. The lowest BCUT2D eigenvalue weighted by Crippen LogP contribution is -2.33. The third-order valence-electron chi connectivity index (χ3n) is 4.08. The summed E-state index contributed by atoms with van der Waals surface area (Å²) in [5.41, 5.74) is 0.527. The van der Waals surface area contributed by atoms with Crippen molar-refractivity contribution in [1.82, 2.24) is 0 Å². The zero-order valence-corrected chi connectivity index (χ0v) is 11.3. The molecule has 4 heteroatoms. The zero-order chi connectivity index (χ0) is 12.8. The quantitative estimate of drug-likeness (QED) is 0.821. The summed E-state index contributed by atoms with van der Waals surface area (Å²) in [6.45, 7) is 0. The Morgan fingerprint density at radius 2 is 2.22 bits per heavy atom. The monoisotopic (exact) mass is 281 g/mol. The summed E-state index contributed by atoms with van der Waals surface area (Å²) < 4.78 is 5.82.